The quantitative estimate of drug-likeness (QED) is 0.0357. The molecule has 0 saturated carbocycles. The Hall–Kier alpha value is -10.0. The van der Waals surface area contributed by atoms with Crippen molar-refractivity contribution in [3.63, 3.8) is 0 Å². The molecule has 89 heavy (non-hydrogen) atoms. The molecule has 6 aromatic carbocycles. The van der Waals surface area contributed by atoms with Crippen LogP contribution in [0.3, 0.4) is 0 Å². The smallest absolute Gasteiger partial charge is 0.337 e. The lowest BCUT2D eigenvalue weighted by molar-refractivity contribution is -0.152. The number of carboxylic acids is 2. The monoisotopic (exact) mass is 1210 g/mol. The fourth-order valence-corrected chi connectivity index (χ4v) is 9.96. The highest BCUT2D eigenvalue weighted by molar-refractivity contribution is 6.23. The number of amides is 2. The maximum absolute atomic E-state index is 12.9. The summed E-state index contributed by atoms with van der Waals surface area (Å²) in [4.78, 5) is 97.4. The molecule has 7 N–H and O–H groups in total. The summed E-state index contributed by atoms with van der Waals surface area (Å²) in [5, 5.41) is 47.5. The van der Waals surface area contributed by atoms with Gasteiger partial charge in [-0.05, 0) is 86.9 Å². The van der Waals surface area contributed by atoms with Crippen molar-refractivity contribution in [1.29, 1.82) is 0 Å². The fourth-order valence-electron chi connectivity index (χ4n) is 9.96. The number of carboxylic acid groups (broad SMARTS) is 2. The Morgan fingerprint density at radius 2 is 0.876 bits per heavy atom. The van der Waals surface area contributed by atoms with Gasteiger partial charge in [-0.25, -0.2) is 24.4 Å². The number of carbonyl (C=O) groups excluding carboxylic acids is 4. The molecule has 1 unspecified atom stereocenters. The summed E-state index contributed by atoms with van der Waals surface area (Å²) in [6.45, 7) is 8.18. The van der Waals surface area contributed by atoms with Crippen LogP contribution in [0.15, 0.2) is 156 Å². The number of aliphatic hydroxyl groups excluding tert-OH is 1. The molecule has 0 bridgehead atoms. The predicted octanol–water partition coefficient (Wildman–Crippen LogP) is 6.99. The second-order valence-electron chi connectivity index (χ2n) is 21.4. The number of likely N-dealkylation sites (N-methyl/N-ethyl adjacent to an activating group) is 4. The van der Waals surface area contributed by atoms with Gasteiger partial charge in [0.2, 0.25) is 11.8 Å². The first-order valence-electron chi connectivity index (χ1n) is 28.5. The van der Waals surface area contributed by atoms with E-state index in [9.17, 15) is 39.0 Å². The van der Waals surface area contributed by atoms with E-state index in [0.29, 0.717) is 69.2 Å². The van der Waals surface area contributed by atoms with Crippen molar-refractivity contribution in [2.24, 2.45) is 9.98 Å². The molecule has 1 atom stereocenters. The zero-order chi connectivity index (χ0) is 63.9. The van der Waals surface area contributed by atoms with Crippen LogP contribution in [0.4, 0.5) is 22.7 Å². The number of nitrogens with one attached hydrogen (secondary N) is 2. The molecule has 8 aromatic rings. The predicted molar refractivity (Wildman–Crippen MR) is 340 cm³/mol. The van der Waals surface area contributed by atoms with E-state index in [-0.39, 0.29) is 23.6 Å². The lowest BCUT2D eigenvalue weighted by Crippen LogP contribution is -2.48. The number of aromatic hydroxyl groups is 2. The van der Waals surface area contributed by atoms with E-state index in [1.165, 1.54) is 14.2 Å². The van der Waals surface area contributed by atoms with Gasteiger partial charge in [0.25, 0.3) is 0 Å². The van der Waals surface area contributed by atoms with Crippen LogP contribution >= 0.6 is 0 Å². The van der Waals surface area contributed by atoms with E-state index in [0.717, 1.165) is 85.6 Å². The van der Waals surface area contributed by atoms with Gasteiger partial charge in [-0.15, -0.1) is 0 Å². The number of aliphatic carboxylic acids is 2. The summed E-state index contributed by atoms with van der Waals surface area (Å²) in [6.07, 6.45) is -2.54. The Labute approximate surface area is 514 Å². The number of carbonyl (C=O) groups is 6. The van der Waals surface area contributed by atoms with Crippen molar-refractivity contribution in [2.75, 3.05) is 118 Å². The third kappa shape index (κ3) is 16.7. The van der Waals surface area contributed by atoms with Crippen LogP contribution in [0.5, 0.6) is 11.8 Å². The Bertz CT molecular complexity index is 3620. The summed E-state index contributed by atoms with van der Waals surface area (Å²) < 4.78 is 9.67. The largest absolute Gasteiger partial charge is 0.494 e. The van der Waals surface area contributed by atoms with Gasteiger partial charge in [-0.1, -0.05) is 72.8 Å². The maximum atomic E-state index is 12.9. The molecule has 0 spiro atoms. The van der Waals surface area contributed by atoms with Gasteiger partial charge in [0, 0.05) is 111 Å². The number of methoxy groups -OCH3 is 2. The Balaban J connectivity index is 0.000000202. The Morgan fingerprint density at radius 3 is 1.19 bits per heavy atom. The molecule has 2 saturated heterocycles. The number of rotatable bonds is 17. The third-order valence-electron chi connectivity index (χ3n) is 15.2. The number of hydrogen-bond donors (Lipinski definition) is 7. The number of aromatic amines is 2. The van der Waals surface area contributed by atoms with Crippen LogP contribution in [-0.4, -0.2) is 216 Å². The first-order valence-corrected chi connectivity index (χ1v) is 28.5. The molecular weight excluding hydrogens is 1140 g/mol. The topological polar surface area (TPSA) is 298 Å². The number of aromatic nitrogens is 2. The van der Waals surface area contributed by atoms with E-state index in [1.807, 2.05) is 109 Å². The minimum Gasteiger partial charge on any atom is -0.494 e. The molecule has 23 nitrogen and oxygen atoms in total. The molecule has 4 heterocycles. The molecular formula is C66H72N10O13. The molecule has 10 rings (SSSR count). The lowest BCUT2D eigenvalue weighted by Gasteiger charge is -2.32. The average Bonchev–Trinajstić information content (AvgIpc) is 1.72. The summed E-state index contributed by atoms with van der Waals surface area (Å²) in [5.74, 6) is -3.77. The fraction of sp³-hybridized carbons (Fsp3) is 0.273. The van der Waals surface area contributed by atoms with Crippen molar-refractivity contribution < 1.29 is 63.8 Å². The van der Waals surface area contributed by atoms with Gasteiger partial charge in [0.1, 0.15) is 0 Å². The van der Waals surface area contributed by atoms with Crippen molar-refractivity contribution >= 4 is 91.7 Å². The molecule has 23 heteroatoms. The maximum Gasteiger partial charge on any atom is 0.337 e. The van der Waals surface area contributed by atoms with Crippen LogP contribution in [0.2, 0.25) is 0 Å². The number of esters is 2. The highest BCUT2D eigenvalue weighted by atomic mass is 16.5. The lowest BCUT2D eigenvalue weighted by atomic mass is 10.00. The molecule has 464 valence electrons. The van der Waals surface area contributed by atoms with E-state index >= 15 is 0 Å². The Kier molecular flexibility index (Phi) is 21.9. The number of hydrogen-bond acceptors (Lipinski definition) is 17. The first-order chi connectivity index (χ1) is 42.7. The van der Waals surface area contributed by atoms with Crippen LogP contribution < -0.4 is 9.80 Å². The van der Waals surface area contributed by atoms with Crippen LogP contribution in [0, 0.1) is 0 Å². The van der Waals surface area contributed by atoms with E-state index < -0.39 is 36.4 Å². The second-order valence-corrected chi connectivity index (χ2v) is 21.4. The van der Waals surface area contributed by atoms with Gasteiger partial charge in [0.05, 0.1) is 78.8 Å². The highest BCUT2D eigenvalue weighted by Gasteiger charge is 2.25. The van der Waals surface area contributed by atoms with Crippen LogP contribution in [0.1, 0.15) is 49.4 Å². The number of piperazine rings is 2. The summed E-state index contributed by atoms with van der Waals surface area (Å²) >= 11 is 0. The van der Waals surface area contributed by atoms with Crippen LogP contribution in [0.25, 0.3) is 21.8 Å². The molecule has 2 aliphatic rings. The number of H-pyrrole nitrogens is 2. The van der Waals surface area contributed by atoms with Crippen molar-refractivity contribution in [3.05, 3.63) is 179 Å². The number of anilines is 2. The standard InChI is InChI=1S/2C31H33N5O4.C4H6O5/c2*1-34-15-17-36(18-16-34)20-27(37)35(2)24-12-10-23(11-13-24)32-29(21-7-5-4-6-8-21)28-25-14-9-22(31(39)40-3)19-26(25)33-30(28)38;5-2(4(8)9)1-3(6)7/h2*4-14,19,33,38H,15-18,20H2,1-3H3;2,5H,1H2,(H,6,7)(H,8,9). The zero-order valence-electron chi connectivity index (χ0n) is 50.3. The van der Waals surface area contributed by atoms with E-state index in [4.69, 9.17) is 34.8 Å². The Morgan fingerprint density at radius 1 is 0.517 bits per heavy atom. The van der Waals surface area contributed by atoms with Crippen molar-refractivity contribution in [2.45, 2.75) is 12.5 Å². The summed E-state index contributed by atoms with van der Waals surface area (Å²) in [7, 11) is 10.4. The van der Waals surface area contributed by atoms with Crippen molar-refractivity contribution in [3.8, 4) is 11.8 Å². The third-order valence-corrected chi connectivity index (χ3v) is 15.2. The molecule has 2 aliphatic heterocycles. The highest BCUT2D eigenvalue weighted by Crippen LogP contribution is 2.35. The summed E-state index contributed by atoms with van der Waals surface area (Å²) in [5.41, 5.74) is 8.68. The number of nitrogens with zero attached hydrogens (tertiary/aromatic N) is 8. The molecule has 2 amide bonds. The van der Waals surface area contributed by atoms with Gasteiger partial charge in [-0.2, -0.15) is 0 Å². The molecule has 2 aromatic heterocycles. The second kappa shape index (κ2) is 30.0. The molecule has 0 aliphatic carbocycles. The normalized spacial score (nSPS) is 14.6. The molecule has 2 fully saturated rings. The minimum absolute atomic E-state index is 0.0424. The number of ether oxygens (including phenoxy) is 2. The van der Waals surface area contributed by atoms with Gasteiger partial charge in [-0.3, -0.25) is 24.2 Å². The minimum atomic E-state index is -1.79. The van der Waals surface area contributed by atoms with Crippen molar-refractivity contribution in [1.82, 2.24) is 29.6 Å². The zero-order valence-corrected chi connectivity index (χ0v) is 50.3. The average molecular weight is 1210 g/mol. The van der Waals surface area contributed by atoms with E-state index in [2.05, 4.69) is 43.7 Å². The first kappa shape index (κ1) is 64.9. The van der Waals surface area contributed by atoms with E-state index in [1.54, 1.807) is 60.3 Å². The SMILES string of the molecule is COC(=O)c1ccc2c(C(=Nc3ccc(N(C)C(=O)CN4CCN(C)CC4)cc3)c3ccccc3)c(O)[nH]c2c1.COC(=O)c1ccc2c(C(=Nc3ccc(N(C)C(=O)CN4CCN(C)CC4)cc3)c3ccccc3)c(O)[nH]c2c1.O=C(O)CC(O)C(=O)O. The van der Waals surface area contributed by atoms with Crippen LogP contribution in [-0.2, 0) is 28.7 Å². The van der Waals surface area contributed by atoms with Gasteiger partial charge >= 0.3 is 23.9 Å². The number of benzene rings is 6. The van der Waals surface area contributed by atoms with Gasteiger partial charge in [0.15, 0.2) is 17.9 Å². The van der Waals surface area contributed by atoms with Gasteiger partial charge < -0.3 is 64.6 Å². The number of fused-ring (bicyclic) bond motifs is 2. The summed E-state index contributed by atoms with van der Waals surface area (Å²) in [6, 6.07) is 44.3. The molecule has 0 radical (unpaired) electrons. The number of aliphatic hydroxyl groups is 1. The number of aliphatic imine (C=N–C) groups is 2.